The zero-order valence-corrected chi connectivity index (χ0v) is 15.0. The molecule has 2 aromatic heterocycles. The summed E-state index contributed by atoms with van der Waals surface area (Å²) in [4.78, 5) is 21.0. The van der Waals surface area contributed by atoms with Gasteiger partial charge in [-0.15, -0.1) is 11.8 Å². The Kier molecular flexibility index (Phi) is 5.32. The molecule has 0 spiro atoms. The Morgan fingerprint density at radius 2 is 2.17 bits per heavy atom. The smallest absolute Gasteiger partial charge is 0.259 e. The van der Waals surface area contributed by atoms with Crippen molar-refractivity contribution in [3.63, 3.8) is 0 Å². The lowest BCUT2D eigenvalue weighted by Crippen LogP contribution is -2.11. The van der Waals surface area contributed by atoms with E-state index >= 15 is 0 Å². The van der Waals surface area contributed by atoms with Gasteiger partial charge in [0, 0.05) is 6.20 Å². The third kappa shape index (κ3) is 3.85. The SMILES string of the molecule is CCOc1ccc2nc(NC(=O)c3ccc(SCC)nc3)sc2c1. The van der Waals surface area contributed by atoms with Crippen molar-refractivity contribution >= 4 is 44.4 Å². The fourth-order valence-corrected chi connectivity index (χ4v) is 3.61. The highest BCUT2D eigenvalue weighted by Gasteiger charge is 2.11. The zero-order chi connectivity index (χ0) is 16.9. The van der Waals surface area contributed by atoms with Crippen LogP contribution in [0.25, 0.3) is 10.2 Å². The second kappa shape index (κ2) is 7.63. The van der Waals surface area contributed by atoms with Crippen LogP contribution < -0.4 is 10.1 Å². The van der Waals surface area contributed by atoms with Crippen LogP contribution in [0, 0.1) is 0 Å². The highest BCUT2D eigenvalue weighted by Crippen LogP contribution is 2.29. The van der Waals surface area contributed by atoms with E-state index in [1.165, 1.54) is 11.3 Å². The van der Waals surface area contributed by atoms with E-state index in [4.69, 9.17) is 4.74 Å². The van der Waals surface area contributed by atoms with Crippen LogP contribution in [0.4, 0.5) is 5.13 Å². The molecule has 0 radical (unpaired) electrons. The molecule has 0 saturated carbocycles. The molecule has 5 nitrogen and oxygen atoms in total. The minimum Gasteiger partial charge on any atom is -0.494 e. The lowest BCUT2D eigenvalue weighted by molar-refractivity contribution is 0.102. The highest BCUT2D eigenvalue weighted by atomic mass is 32.2. The van der Waals surface area contributed by atoms with Gasteiger partial charge in [-0.25, -0.2) is 9.97 Å². The molecule has 1 N–H and O–H groups in total. The summed E-state index contributed by atoms with van der Waals surface area (Å²) in [6, 6.07) is 9.34. The highest BCUT2D eigenvalue weighted by molar-refractivity contribution is 7.99. The molecule has 2 heterocycles. The number of benzene rings is 1. The fourth-order valence-electron chi connectivity index (χ4n) is 2.13. The minimum atomic E-state index is -0.209. The van der Waals surface area contributed by atoms with E-state index in [1.54, 1.807) is 24.0 Å². The number of nitrogens with one attached hydrogen (secondary N) is 1. The summed E-state index contributed by atoms with van der Waals surface area (Å²) in [5.41, 5.74) is 1.36. The first-order chi connectivity index (χ1) is 11.7. The number of pyridine rings is 1. The maximum Gasteiger partial charge on any atom is 0.259 e. The van der Waals surface area contributed by atoms with E-state index < -0.39 is 0 Å². The summed E-state index contributed by atoms with van der Waals surface area (Å²) >= 11 is 3.07. The molecule has 3 aromatic rings. The van der Waals surface area contributed by atoms with Crippen LogP contribution in [0.5, 0.6) is 5.75 Å². The van der Waals surface area contributed by atoms with Gasteiger partial charge in [0.15, 0.2) is 5.13 Å². The van der Waals surface area contributed by atoms with Gasteiger partial charge in [-0.3, -0.25) is 10.1 Å². The van der Waals surface area contributed by atoms with Gasteiger partial charge >= 0.3 is 0 Å². The van der Waals surface area contributed by atoms with Crippen molar-refractivity contribution in [2.45, 2.75) is 18.9 Å². The molecule has 0 unspecified atom stereocenters. The number of aromatic nitrogens is 2. The van der Waals surface area contributed by atoms with Crippen LogP contribution in [-0.4, -0.2) is 28.2 Å². The first kappa shape index (κ1) is 16.7. The Bertz CT molecular complexity index is 847. The van der Waals surface area contributed by atoms with Crippen LogP contribution >= 0.6 is 23.1 Å². The molecule has 3 rings (SSSR count). The van der Waals surface area contributed by atoms with Crippen molar-refractivity contribution in [3.05, 3.63) is 42.1 Å². The van der Waals surface area contributed by atoms with E-state index in [0.717, 1.165) is 26.7 Å². The van der Waals surface area contributed by atoms with E-state index in [2.05, 4.69) is 22.2 Å². The van der Waals surface area contributed by atoms with Crippen molar-refractivity contribution in [2.24, 2.45) is 0 Å². The molecular formula is C17H17N3O2S2. The Balaban J connectivity index is 1.74. The van der Waals surface area contributed by atoms with Crippen molar-refractivity contribution < 1.29 is 9.53 Å². The number of carbonyl (C=O) groups is 1. The third-order valence-electron chi connectivity index (χ3n) is 3.18. The number of ether oxygens (including phenoxy) is 1. The second-order valence-corrected chi connectivity index (χ2v) is 7.17. The van der Waals surface area contributed by atoms with Crippen molar-refractivity contribution in [1.82, 2.24) is 9.97 Å². The van der Waals surface area contributed by atoms with E-state index in [1.807, 2.05) is 31.2 Å². The second-order valence-electron chi connectivity index (χ2n) is 4.85. The molecule has 0 saturated heterocycles. The van der Waals surface area contributed by atoms with Gasteiger partial charge in [0.1, 0.15) is 5.75 Å². The lowest BCUT2D eigenvalue weighted by Gasteiger charge is -2.02. The summed E-state index contributed by atoms with van der Waals surface area (Å²) < 4.78 is 6.46. The van der Waals surface area contributed by atoms with Gasteiger partial charge < -0.3 is 4.74 Å². The minimum absolute atomic E-state index is 0.209. The Morgan fingerprint density at radius 1 is 1.29 bits per heavy atom. The summed E-state index contributed by atoms with van der Waals surface area (Å²) in [5, 5.41) is 4.31. The molecule has 24 heavy (non-hydrogen) atoms. The number of rotatable bonds is 6. The number of thioether (sulfide) groups is 1. The van der Waals surface area contributed by atoms with Gasteiger partial charge in [-0.2, -0.15) is 0 Å². The van der Waals surface area contributed by atoms with Crippen LogP contribution in [0.15, 0.2) is 41.6 Å². The number of hydrogen-bond donors (Lipinski definition) is 1. The molecule has 124 valence electrons. The first-order valence-electron chi connectivity index (χ1n) is 7.63. The lowest BCUT2D eigenvalue weighted by atomic mass is 10.3. The van der Waals surface area contributed by atoms with Gasteiger partial charge in [-0.1, -0.05) is 18.3 Å². The predicted octanol–water partition coefficient (Wildman–Crippen LogP) is 4.45. The number of carbonyl (C=O) groups excluding carboxylic acids is 1. The average molecular weight is 359 g/mol. The normalized spacial score (nSPS) is 10.8. The third-order valence-corrected chi connectivity index (χ3v) is 4.94. The van der Waals surface area contributed by atoms with Gasteiger partial charge in [0.25, 0.3) is 5.91 Å². The number of hydrogen-bond acceptors (Lipinski definition) is 6. The van der Waals surface area contributed by atoms with Crippen LogP contribution in [0.1, 0.15) is 24.2 Å². The van der Waals surface area contributed by atoms with E-state index in [0.29, 0.717) is 17.3 Å². The fraction of sp³-hybridized carbons (Fsp3) is 0.235. The first-order valence-corrected chi connectivity index (χ1v) is 9.43. The monoisotopic (exact) mass is 359 g/mol. The Labute approximate surface area is 148 Å². The average Bonchev–Trinajstić information content (AvgIpc) is 2.97. The molecule has 1 aromatic carbocycles. The molecule has 7 heteroatoms. The number of fused-ring (bicyclic) bond motifs is 1. The van der Waals surface area contributed by atoms with E-state index in [9.17, 15) is 4.79 Å². The predicted molar refractivity (Wildman–Crippen MR) is 99.4 cm³/mol. The summed E-state index contributed by atoms with van der Waals surface area (Å²) in [5.74, 6) is 1.55. The van der Waals surface area contributed by atoms with E-state index in [-0.39, 0.29) is 5.91 Å². The van der Waals surface area contributed by atoms with Crippen molar-refractivity contribution in [2.75, 3.05) is 17.7 Å². The summed E-state index contributed by atoms with van der Waals surface area (Å²) in [7, 11) is 0. The van der Waals surface area contributed by atoms with Gasteiger partial charge in [0.05, 0.1) is 27.4 Å². The maximum atomic E-state index is 12.3. The number of thiazole rings is 1. The van der Waals surface area contributed by atoms with Gasteiger partial charge in [-0.05, 0) is 43.0 Å². The Hall–Kier alpha value is -2.12. The number of anilines is 1. The molecule has 0 atom stereocenters. The van der Waals surface area contributed by atoms with Gasteiger partial charge in [0.2, 0.25) is 0 Å². The molecule has 0 aliphatic heterocycles. The van der Waals surface area contributed by atoms with Crippen LogP contribution in [0.3, 0.4) is 0 Å². The quantitative estimate of drug-likeness (QED) is 0.659. The molecule has 0 bridgehead atoms. The molecule has 1 amide bonds. The maximum absolute atomic E-state index is 12.3. The largest absolute Gasteiger partial charge is 0.494 e. The Morgan fingerprint density at radius 3 is 2.88 bits per heavy atom. The van der Waals surface area contributed by atoms with Crippen LogP contribution in [0.2, 0.25) is 0 Å². The molecular weight excluding hydrogens is 342 g/mol. The van der Waals surface area contributed by atoms with Crippen molar-refractivity contribution in [3.8, 4) is 5.75 Å². The summed E-state index contributed by atoms with van der Waals surface area (Å²) in [6.45, 7) is 4.63. The topological polar surface area (TPSA) is 64.1 Å². The number of nitrogens with zero attached hydrogens (tertiary/aromatic N) is 2. The molecule has 0 fully saturated rings. The van der Waals surface area contributed by atoms with Crippen LogP contribution in [-0.2, 0) is 0 Å². The summed E-state index contributed by atoms with van der Waals surface area (Å²) in [6.07, 6.45) is 1.59. The molecule has 0 aliphatic rings. The zero-order valence-electron chi connectivity index (χ0n) is 13.4. The standard InChI is InChI=1S/C17H17N3O2S2/c1-3-22-12-6-7-13-14(9-12)24-17(19-13)20-16(21)11-5-8-15(18-10-11)23-4-2/h5-10H,3-4H2,1-2H3,(H,19,20,21). The number of amides is 1. The van der Waals surface area contributed by atoms with Crippen molar-refractivity contribution in [1.29, 1.82) is 0 Å². The molecule has 0 aliphatic carbocycles.